The van der Waals surface area contributed by atoms with Crippen molar-refractivity contribution in [3.05, 3.63) is 71.5 Å². The number of nitrogens with one attached hydrogen (secondary N) is 1. The van der Waals surface area contributed by atoms with Crippen LogP contribution >= 0.6 is 0 Å². The molecule has 6 rings (SSSR count). The number of hydrogen-bond acceptors (Lipinski definition) is 6. The smallest absolute Gasteiger partial charge is 0.254 e. The van der Waals surface area contributed by atoms with Gasteiger partial charge in [-0.25, -0.2) is 9.97 Å². The van der Waals surface area contributed by atoms with Crippen LogP contribution in [0.5, 0.6) is 5.75 Å². The minimum Gasteiger partial charge on any atom is -0.497 e. The van der Waals surface area contributed by atoms with E-state index in [0.29, 0.717) is 31.1 Å². The fourth-order valence-corrected chi connectivity index (χ4v) is 5.50. The predicted octanol–water partition coefficient (Wildman–Crippen LogP) is 4.75. The van der Waals surface area contributed by atoms with Gasteiger partial charge in [-0.15, -0.1) is 0 Å². The molecule has 1 fully saturated rings. The largest absolute Gasteiger partial charge is 0.497 e. The number of H-pyrrole nitrogens is 1. The van der Waals surface area contributed by atoms with E-state index in [1.54, 1.807) is 7.11 Å². The second-order valence-corrected chi connectivity index (χ2v) is 10.2. The summed E-state index contributed by atoms with van der Waals surface area (Å²) in [6, 6.07) is 15.6. The van der Waals surface area contributed by atoms with E-state index < -0.39 is 5.54 Å². The number of carbonyl (C=O) groups excluding carboxylic acids is 1. The van der Waals surface area contributed by atoms with Gasteiger partial charge < -0.3 is 24.3 Å². The molecule has 1 saturated heterocycles. The molecule has 2 aliphatic heterocycles. The molecular formula is C29H31N5O3. The standard InChI is InChI=1S/C29H31N5O3/c1-18-17-37-15-14-33(18)27-23-16-34(28(35)19-8-10-20(36-4)11-9-19)29(2,3)25(23)31-26(32-27)22-6-5-7-24-21(22)12-13-30-24/h5-13,18,30H,14-17H2,1-4H3. The quantitative estimate of drug-likeness (QED) is 0.438. The third-order valence-corrected chi connectivity index (χ3v) is 7.61. The molecule has 0 aliphatic carbocycles. The van der Waals surface area contributed by atoms with Gasteiger partial charge in [0.15, 0.2) is 5.82 Å². The Morgan fingerprint density at radius 3 is 2.70 bits per heavy atom. The van der Waals surface area contributed by atoms with E-state index in [4.69, 9.17) is 19.4 Å². The summed E-state index contributed by atoms with van der Waals surface area (Å²) in [5, 5.41) is 1.07. The summed E-state index contributed by atoms with van der Waals surface area (Å²) in [5.74, 6) is 2.24. The Bertz CT molecular complexity index is 1480. The Morgan fingerprint density at radius 1 is 1.14 bits per heavy atom. The molecule has 0 spiro atoms. The molecule has 1 amide bonds. The Kier molecular flexibility index (Phi) is 5.64. The molecule has 8 heteroatoms. The van der Waals surface area contributed by atoms with Crippen molar-refractivity contribution in [3.8, 4) is 17.1 Å². The van der Waals surface area contributed by atoms with Gasteiger partial charge in [0.2, 0.25) is 0 Å². The number of anilines is 1. The molecule has 0 bridgehead atoms. The van der Waals surface area contributed by atoms with Gasteiger partial charge >= 0.3 is 0 Å². The van der Waals surface area contributed by atoms with Gasteiger partial charge in [0, 0.05) is 40.3 Å². The van der Waals surface area contributed by atoms with Crippen molar-refractivity contribution < 1.29 is 14.3 Å². The fourth-order valence-electron chi connectivity index (χ4n) is 5.50. The van der Waals surface area contributed by atoms with Crippen LogP contribution in [0.2, 0.25) is 0 Å². The zero-order valence-corrected chi connectivity index (χ0v) is 21.6. The highest BCUT2D eigenvalue weighted by Gasteiger charge is 2.45. The first-order valence-electron chi connectivity index (χ1n) is 12.7. The summed E-state index contributed by atoms with van der Waals surface area (Å²) in [4.78, 5) is 31.6. The maximum Gasteiger partial charge on any atom is 0.254 e. The lowest BCUT2D eigenvalue weighted by molar-refractivity contribution is 0.0570. The van der Waals surface area contributed by atoms with Crippen molar-refractivity contribution in [1.82, 2.24) is 19.9 Å². The molecule has 190 valence electrons. The predicted molar refractivity (Wildman–Crippen MR) is 143 cm³/mol. The van der Waals surface area contributed by atoms with Crippen LogP contribution in [-0.4, -0.2) is 58.7 Å². The monoisotopic (exact) mass is 497 g/mol. The molecule has 4 heterocycles. The van der Waals surface area contributed by atoms with Crippen LogP contribution in [0.3, 0.4) is 0 Å². The molecule has 0 saturated carbocycles. The first-order valence-corrected chi connectivity index (χ1v) is 12.7. The zero-order valence-electron chi connectivity index (χ0n) is 21.6. The van der Waals surface area contributed by atoms with Crippen LogP contribution in [0.15, 0.2) is 54.7 Å². The molecule has 0 radical (unpaired) electrons. The number of morpholine rings is 1. The Morgan fingerprint density at radius 2 is 1.95 bits per heavy atom. The van der Waals surface area contributed by atoms with Crippen LogP contribution in [-0.2, 0) is 16.8 Å². The Labute approximate surface area is 216 Å². The van der Waals surface area contributed by atoms with Crippen LogP contribution in [0.1, 0.15) is 42.4 Å². The number of methoxy groups -OCH3 is 1. The van der Waals surface area contributed by atoms with Gasteiger partial charge in [-0.1, -0.05) is 12.1 Å². The third-order valence-electron chi connectivity index (χ3n) is 7.61. The second-order valence-electron chi connectivity index (χ2n) is 10.2. The molecule has 8 nitrogen and oxygen atoms in total. The fraction of sp³-hybridized carbons (Fsp3) is 0.345. The van der Waals surface area contributed by atoms with E-state index in [-0.39, 0.29) is 11.9 Å². The topological polar surface area (TPSA) is 83.6 Å². The lowest BCUT2D eigenvalue weighted by Gasteiger charge is -2.35. The normalized spacial score (nSPS) is 18.8. The molecule has 37 heavy (non-hydrogen) atoms. The lowest BCUT2D eigenvalue weighted by atomic mass is 9.98. The van der Waals surface area contributed by atoms with E-state index in [2.05, 4.69) is 48.9 Å². The number of amides is 1. The molecule has 2 aromatic carbocycles. The number of aromatic amines is 1. The minimum atomic E-state index is -0.625. The summed E-state index contributed by atoms with van der Waals surface area (Å²) in [5.41, 5.74) is 3.90. The second kappa shape index (κ2) is 8.88. The number of ether oxygens (including phenoxy) is 2. The van der Waals surface area contributed by atoms with Crippen LogP contribution < -0.4 is 9.64 Å². The molecule has 1 atom stereocenters. The summed E-state index contributed by atoms with van der Waals surface area (Å²) in [6.07, 6.45) is 1.94. The number of carbonyl (C=O) groups is 1. The van der Waals surface area contributed by atoms with Gasteiger partial charge in [0.05, 0.1) is 44.1 Å². The van der Waals surface area contributed by atoms with Gasteiger partial charge in [0.25, 0.3) is 5.91 Å². The van der Waals surface area contributed by atoms with Crippen LogP contribution in [0.4, 0.5) is 5.82 Å². The van der Waals surface area contributed by atoms with Gasteiger partial charge in [0.1, 0.15) is 11.6 Å². The lowest BCUT2D eigenvalue weighted by Crippen LogP contribution is -2.44. The van der Waals surface area contributed by atoms with E-state index in [1.165, 1.54) is 0 Å². The van der Waals surface area contributed by atoms with Crippen LogP contribution in [0.25, 0.3) is 22.3 Å². The average Bonchev–Trinajstić information content (AvgIpc) is 3.50. The van der Waals surface area contributed by atoms with Crippen molar-refractivity contribution in [3.63, 3.8) is 0 Å². The highest BCUT2D eigenvalue weighted by atomic mass is 16.5. The molecule has 1 unspecified atom stereocenters. The van der Waals surface area contributed by atoms with Crippen LogP contribution in [0, 0.1) is 0 Å². The summed E-state index contributed by atoms with van der Waals surface area (Å²) in [6.45, 7) is 8.76. The van der Waals surface area contributed by atoms with Gasteiger partial charge in [-0.2, -0.15) is 0 Å². The van der Waals surface area contributed by atoms with E-state index >= 15 is 0 Å². The molecule has 1 N–H and O–H groups in total. The number of aromatic nitrogens is 3. The number of benzene rings is 2. The van der Waals surface area contributed by atoms with E-state index in [1.807, 2.05) is 41.4 Å². The molecule has 4 aromatic rings. The average molecular weight is 498 g/mol. The third kappa shape index (κ3) is 3.83. The summed E-state index contributed by atoms with van der Waals surface area (Å²) in [7, 11) is 1.62. The number of rotatable bonds is 4. The first-order chi connectivity index (χ1) is 17.9. The summed E-state index contributed by atoms with van der Waals surface area (Å²) >= 11 is 0. The molecule has 2 aromatic heterocycles. The van der Waals surface area contributed by atoms with Crippen molar-refractivity contribution in [1.29, 1.82) is 0 Å². The number of hydrogen-bond donors (Lipinski definition) is 1. The molecular weight excluding hydrogens is 466 g/mol. The summed E-state index contributed by atoms with van der Waals surface area (Å²) < 4.78 is 11.0. The minimum absolute atomic E-state index is 0.0408. The van der Waals surface area contributed by atoms with E-state index in [0.717, 1.165) is 45.8 Å². The maximum absolute atomic E-state index is 13.8. The van der Waals surface area contributed by atoms with Crippen molar-refractivity contribution in [2.45, 2.75) is 38.9 Å². The van der Waals surface area contributed by atoms with Crippen molar-refractivity contribution in [2.75, 3.05) is 31.8 Å². The number of nitrogens with zero attached hydrogens (tertiary/aromatic N) is 4. The Balaban J connectivity index is 1.49. The SMILES string of the molecule is COc1ccc(C(=O)N2Cc3c(N4CCOCC4C)nc(-c4cccc5[nH]ccc45)nc3C2(C)C)cc1. The number of fused-ring (bicyclic) bond motifs is 2. The first kappa shape index (κ1) is 23.5. The van der Waals surface area contributed by atoms with Crippen molar-refractivity contribution >= 4 is 22.6 Å². The molecule has 2 aliphatic rings. The highest BCUT2D eigenvalue weighted by molar-refractivity contribution is 5.96. The Hall–Kier alpha value is -3.91. The van der Waals surface area contributed by atoms with Crippen molar-refractivity contribution in [2.24, 2.45) is 0 Å². The highest BCUT2D eigenvalue weighted by Crippen LogP contribution is 2.44. The van der Waals surface area contributed by atoms with E-state index in [9.17, 15) is 4.79 Å². The maximum atomic E-state index is 13.8. The van der Waals surface area contributed by atoms with Gasteiger partial charge in [-0.3, -0.25) is 4.79 Å². The van der Waals surface area contributed by atoms with Gasteiger partial charge in [-0.05, 0) is 57.2 Å². The zero-order chi connectivity index (χ0) is 25.7.